The number of aromatic hydroxyl groups is 1. The molecule has 0 radical (unpaired) electrons. The fraction of sp³-hybridized carbons (Fsp3) is 0.406. The summed E-state index contributed by atoms with van der Waals surface area (Å²) in [6.45, 7) is 16.1. The molecule has 0 saturated heterocycles. The van der Waals surface area contributed by atoms with E-state index in [9.17, 15) is 14.7 Å². The number of thiazole rings is 1. The zero-order chi connectivity index (χ0) is 29.6. The number of benzene rings is 2. The molecule has 1 aliphatic rings. The number of phenolic OH excluding ortho intramolecular Hbond substituents is 1. The van der Waals surface area contributed by atoms with Crippen LogP contribution in [-0.4, -0.2) is 29.4 Å². The minimum absolute atomic E-state index is 0.211. The number of phenols is 1. The van der Waals surface area contributed by atoms with Crippen molar-refractivity contribution in [1.82, 2.24) is 4.57 Å². The van der Waals surface area contributed by atoms with Crippen LogP contribution in [0.5, 0.6) is 11.5 Å². The lowest BCUT2D eigenvalue weighted by atomic mass is 9.78. The Morgan fingerprint density at radius 3 is 2.15 bits per heavy atom. The van der Waals surface area contributed by atoms with E-state index in [4.69, 9.17) is 9.47 Å². The summed E-state index contributed by atoms with van der Waals surface area (Å²) in [5.74, 6) is 0.459. The van der Waals surface area contributed by atoms with E-state index in [0.29, 0.717) is 26.4 Å². The molecule has 0 spiro atoms. The standard InChI is InChI=1S/C32H38N2O5S/c1-10-39-29(37)25-18(2)33-30-34(26(25)20-11-13-21(38-9)14-12-20)28(36)24(40-30)17-19-15-22(31(3,4)5)27(35)23(16-19)32(6,7)8/h11-17,26,35H,10H2,1-9H3/b24-17+/t26-/m1/s1. The van der Waals surface area contributed by atoms with E-state index >= 15 is 0 Å². The number of hydrogen-bond donors (Lipinski definition) is 1. The number of hydrogen-bond acceptors (Lipinski definition) is 7. The molecule has 8 heteroatoms. The fourth-order valence-corrected chi connectivity index (χ4v) is 5.97. The van der Waals surface area contributed by atoms with Crippen LogP contribution in [0.25, 0.3) is 6.08 Å². The Morgan fingerprint density at radius 2 is 1.65 bits per heavy atom. The first kappa shape index (κ1) is 29.3. The summed E-state index contributed by atoms with van der Waals surface area (Å²) < 4.78 is 12.8. The maximum Gasteiger partial charge on any atom is 0.338 e. The molecule has 212 valence electrons. The number of fused-ring (bicyclic) bond motifs is 1. The molecule has 1 atom stereocenters. The summed E-state index contributed by atoms with van der Waals surface area (Å²) in [6.07, 6.45) is 1.85. The summed E-state index contributed by atoms with van der Waals surface area (Å²) in [7, 11) is 1.59. The molecule has 0 bridgehead atoms. The van der Waals surface area contributed by atoms with Gasteiger partial charge in [-0.15, -0.1) is 0 Å². The largest absolute Gasteiger partial charge is 0.507 e. The number of methoxy groups -OCH3 is 1. The molecule has 0 amide bonds. The predicted octanol–water partition coefficient (Wildman–Crippen LogP) is 5.11. The van der Waals surface area contributed by atoms with Gasteiger partial charge in [-0.3, -0.25) is 9.36 Å². The third-order valence-corrected chi connectivity index (χ3v) is 7.98. The van der Waals surface area contributed by atoms with E-state index in [-0.39, 0.29) is 28.7 Å². The number of ether oxygens (including phenoxy) is 2. The Labute approximate surface area is 239 Å². The van der Waals surface area contributed by atoms with Gasteiger partial charge in [0.1, 0.15) is 11.5 Å². The number of nitrogens with zero attached hydrogens (tertiary/aromatic N) is 2. The lowest BCUT2D eigenvalue weighted by Crippen LogP contribution is -2.39. The monoisotopic (exact) mass is 562 g/mol. The minimum atomic E-state index is -0.696. The average Bonchev–Trinajstić information content (AvgIpc) is 3.17. The second-order valence-corrected chi connectivity index (χ2v) is 13.0. The first-order valence-corrected chi connectivity index (χ1v) is 14.2. The number of carbonyl (C=O) groups excluding carboxylic acids is 1. The summed E-state index contributed by atoms with van der Waals surface area (Å²) in [4.78, 5) is 32.3. The first-order chi connectivity index (χ1) is 18.7. The van der Waals surface area contributed by atoms with E-state index in [1.807, 2.05) is 42.5 Å². The lowest BCUT2D eigenvalue weighted by Gasteiger charge is -2.27. The molecule has 1 N–H and O–H groups in total. The number of carbonyl (C=O) groups is 1. The molecule has 3 aromatic rings. The van der Waals surface area contributed by atoms with Crippen molar-refractivity contribution in [3.63, 3.8) is 0 Å². The van der Waals surface area contributed by atoms with Crippen LogP contribution >= 0.6 is 11.3 Å². The molecule has 0 aliphatic carbocycles. The topological polar surface area (TPSA) is 90.1 Å². The molecule has 0 fully saturated rings. The Balaban J connectivity index is 1.98. The van der Waals surface area contributed by atoms with Crippen molar-refractivity contribution < 1.29 is 19.4 Å². The zero-order valence-electron chi connectivity index (χ0n) is 24.7. The predicted molar refractivity (Wildman–Crippen MR) is 159 cm³/mol. The molecule has 1 aromatic heterocycles. The highest BCUT2D eigenvalue weighted by atomic mass is 32.1. The van der Waals surface area contributed by atoms with E-state index in [1.165, 1.54) is 11.3 Å². The van der Waals surface area contributed by atoms with Gasteiger partial charge >= 0.3 is 5.97 Å². The van der Waals surface area contributed by atoms with Gasteiger partial charge < -0.3 is 14.6 Å². The van der Waals surface area contributed by atoms with Gasteiger partial charge in [-0.1, -0.05) is 65.0 Å². The first-order valence-electron chi connectivity index (χ1n) is 13.4. The van der Waals surface area contributed by atoms with E-state index in [2.05, 4.69) is 46.5 Å². The number of esters is 1. The highest BCUT2D eigenvalue weighted by Gasteiger charge is 2.33. The molecule has 1 aliphatic heterocycles. The molecular formula is C32H38N2O5S. The van der Waals surface area contributed by atoms with Gasteiger partial charge in [-0.25, -0.2) is 9.79 Å². The van der Waals surface area contributed by atoms with Crippen molar-refractivity contribution >= 4 is 23.4 Å². The van der Waals surface area contributed by atoms with Gasteiger partial charge in [-0.05, 0) is 66.1 Å². The Hall–Kier alpha value is -3.65. The highest BCUT2D eigenvalue weighted by molar-refractivity contribution is 7.07. The molecule has 2 heterocycles. The number of rotatable bonds is 5. The van der Waals surface area contributed by atoms with Gasteiger partial charge in [-0.2, -0.15) is 0 Å². The van der Waals surface area contributed by atoms with Crippen LogP contribution in [0.15, 0.2) is 57.5 Å². The van der Waals surface area contributed by atoms with Crippen molar-refractivity contribution in [3.05, 3.63) is 89.6 Å². The summed E-state index contributed by atoms with van der Waals surface area (Å²) >= 11 is 1.28. The molecule has 0 unspecified atom stereocenters. The molecule has 0 saturated carbocycles. The quantitative estimate of drug-likeness (QED) is 0.437. The smallest absolute Gasteiger partial charge is 0.338 e. The third-order valence-electron chi connectivity index (χ3n) is 6.99. The maximum absolute atomic E-state index is 14.0. The second kappa shape index (κ2) is 10.7. The van der Waals surface area contributed by atoms with E-state index in [0.717, 1.165) is 22.3 Å². The van der Waals surface area contributed by atoms with Crippen LogP contribution in [0.1, 0.15) is 83.7 Å². The number of allylic oxidation sites excluding steroid dienone is 1. The summed E-state index contributed by atoms with van der Waals surface area (Å²) in [5, 5.41) is 11.1. The summed E-state index contributed by atoms with van der Waals surface area (Å²) in [5.41, 5.74) is 3.19. The Morgan fingerprint density at radius 1 is 1.07 bits per heavy atom. The van der Waals surface area contributed by atoms with Crippen LogP contribution in [0, 0.1) is 0 Å². The number of aromatic nitrogens is 1. The molecule has 2 aromatic carbocycles. The molecule has 40 heavy (non-hydrogen) atoms. The summed E-state index contributed by atoms with van der Waals surface area (Å²) in [6, 6.07) is 10.5. The van der Waals surface area contributed by atoms with Crippen LogP contribution in [-0.2, 0) is 20.4 Å². The van der Waals surface area contributed by atoms with Crippen molar-refractivity contribution in [2.45, 2.75) is 72.3 Å². The van der Waals surface area contributed by atoms with Gasteiger partial charge in [0, 0.05) is 11.1 Å². The van der Waals surface area contributed by atoms with Gasteiger partial charge in [0.2, 0.25) is 0 Å². The van der Waals surface area contributed by atoms with Crippen molar-refractivity contribution in [2.75, 3.05) is 13.7 Å². The molecular weight excluding hydrogens is 524 g/mol. The molecule has 4 rings (SSSR count). The van der Waals surface area contributed by atoms with Crippen LogP contribution in [0.3, 0.4) is 0 Å². The van der Waals surface area contributed by atoms with Crippen molar-refractivity contribution in [2.24, 2.45) is 4.99 Å². The van der Waals surface area contributed by atoms with Crippen LogP contribution in [0.2, 0.25) is 0 Å². The van der Waals surface area contributed by atoms with Gasteiger partial charge in [0.15, 0.2) is 4.80 Å². The lowest BCUT2D eigenvalue weighted by molar-refractivity contribution is -0.139. The van der Waals surface area contributed by atoms with Crippen molar-refractivity contribution in [1.29, 1.82) is 0 Å². The van der Waals surface area contributed by atoms with Crippen LogP contribution in [0.4, 0.5) is 0 Å². The van der Waals surface area contributed by atoms with Gasteiger partial charge in [0.05, 0.1) is 35.6 Å². The normalized spacial score (nSPS) is 16.0. The molecule has 7 nitrogen and oxygen atoms in total. The van der Waals surface area contributed by atoms with E-state index in [1.54, 1.807) is 25.5 Å². The highest BCUT2D eigenvalue weighted by Crippen LogP contribution is 2.40. The Kier molecular flexibility index (Phi) is 7.87. The minimum Gasteiger partial charge on any atom is -0.507 e. The van der Waals surface area contributed by atoms with Crippen molar-refractivity contribution in [3.8, 4) is 11.5 Å². The maximum atomic E-state index is 14.0. The third kappa shape index (κ3) is 5.50. The van der Waals surface area contributed by atoms with Crippen LogP contribution < -0.4 is 19.6 Å². The Bertz CT molecular complexity index is 1630. The van der Waals surface area contributed by atoms with E-state index < -0.39 is 12.0 Å². The average molecular weight is 563 g/mol. The SMILES string of the molecule is CCOC(=O)C1=C(C)N=c2s/c(=C/c3cc(C(C)(C)C)c(O)c(C(C)(C)C)c3)c(=O)n2[C@@H]1c1ccc(OC)cc1. The zero-order valence-corrected chi connectivity index (χ0v) is 25.5. The second-order valence-electron chi connectivity index (χ2n) is 12.0. The fourth-order valence-electron chi connectivity index (χ4n) is 4.93. The van der Waals surface area contributed by atoms with Gasteiger partial charge in [0.25, 0.3) is 5.56 Å².